The normalized spacial score (nSPS) is 13.6. The molecule has 0 bridgehead atoms. The second-order valence-electron chi connectivity index (χ2n) is 7.67. The Morgan fingerprint density at radius 1 is 1.23 bits per heavy atom. The number of nitrogens with zero attached hydrogens (tertiary/aromatic N) is 4. The summed E-state index contributed by atoms with van der Waals surface area (Å²) in [5.74, 6) is -0.0366. The molecule has 31 heavy (non-hydrogen) atoms. The number of methoxy groups -OCH3 is 1. The maximum Gasteiger partial charge on any atom is 0.373 e. The van der Waals surface area contributed by atoms with Gasteiger partial charge in [-0.05, 0) is 49.6 Å². The molecule has 1 aliphatic carbocycles. The summed E-state index contributed by atoms with van der Waals surface area (Å²) in [6.45, 7) is 2.12. The van der Waals surface area contributed by atoms with Gasteiger partial charge in [0.15, 0.2) is 11.2 Å². The fraction of sp³-hybridized carbons (Fsp3) is 0.273. The number of aryl methyl sites for hydroxylation is 1. The van der Waals surface area contributed by atoms with Gasteiger partial charge in [-0.15, -0.1) is 0 Å². The number of ether oxygens (including phenoxy) is 1. The van der Waals surface area contributed by atoms with Gasteiger partial charge in [0.2, 0.25) is 5.76 Å². The molecule has 9 heteroatoms. The second kappa shape index (κ2) is 7.12. The molecule has 0 N–H and O–H groups in total. The van der Waals surface area contributed by atoms with Gasteiger partial charge in [-0.3, -0.25) is 9.36 Å². The molecular weight excluding hydrogens is 400 g/mol. The van der Waals surface area contributed by atoms with E-state index in [1.54, 1.807) is 10.6 Å². The number of carbonyl (C=O) groups excluding carboxylic acids is 1. The molecule has 0 unspecified atom stereocenters. The predicted molar refractivity (Wildman–Crippen MR) is 112 cm³/mol. The zero-order chi connectivity index (χ0) is 21.7. The highest BCUT2D eigenvalue weighted by Gasteiger charge is 2.30. The quantitative estimate of drug-likeness (QED) is 0.460. The first-order chi connectivity index (χ1) is 15.0. The van der Waals surface area contributed by atoms with Crippen molar-refractivity contribution in [2.45, 2.75) is 32.4 Å². The van der Waals surface area contributed by atoms with Crippen LogP contribution >= 0.6 is 0 Å². The van der Waals surface area contributed by atoms with Crippen molar-refractivity contribution in [2.75, 3.05) is 7.11 Å². The van der Waals surface area contributed by atoms with Crippen LogP contribution < -0.4 is 11.2 Å². The highest BCUT2D eigenvalue weighted by Crippen LogP contribution is 2.32. The lowest BCUT2D eigenvalue weighted by Crippen LogP contribution is -2.39. The highest BCUT2D eigenvalue weighted by molar-refractivity contribution is 5.86. The van der Waals surface area contributed by atoms with E-state index >= 15 is 0 Å². The van der Waals surface area contributed by atoms with Crippen LogP contribution in [0.5, 0.6) is 0 Å². The Labute approximate surface area is 176 Å². The number of benzene rings is 1. The molecular formula is C22H20N4O5. The Morgan fingerprint density at radius 2 is 2.03 bits per heavy atom. The van der Waals surface area contributed by atoms with Gasteiger partial charge < -0.3 is 13.7 Å². The predicted octanol–water partition coefficient (Wildman–Crippen LogP) is 2.42. The van der Waals surface area contributed by atoms with Gasteiger partial charge in [0.25, 0.3) is 5.56 Å². The van der Waals surface area contributed by atoms with E-state index in [-0.39, 0.29) is 35.2 Å². The van der Waals surface area contributed by atoms with Crippen LogP contribution in [-0.2, 0) is 11.3 Å². The number of carbonyl (C=O) groups is 1. The fourth-order valence-electron chi connectivity index (χ4n) is 3.77. The third kappa shape index (κ3) is 3.18. The van der Waals surface area contributed by atoms with Crippen molar-refractivity contribution in [3.05, 3.63) is 80.6 Å². The molecule has 5 rings (SSSR count). The smallest absolute Gasteiger partial charge is 0.373 e. The van der Waals surface area contributed by atoms with Crippen molar-refractivity contribution in [1.82, 2.24) is 18.7 Å². The number of aromatic nitrogens is 4. The largest absolute Gasteiger partial charge is 0.463 e. The van der Waals surface area contributed by atoms with E-state index in [1.165, 1.54) is 28.6 Å². The molecule has 1 saturated carbocycles. The van der Waals surface area contributed by atoms with Crippen molar-refractivity contribution in [3.8, 4) is 5.69 Å². The number of rotatable bonds is 5. The van der Waals surface area contributed by atoms with Gasteiger partial charge in [0.05, 0.1) is 25.7 Å². The SMILES string of the molecule is COC(=O)c1ccc(Cn2cnc3c2c(=O)n(C2CC2)c(=O)n3-c2cccc(C)c2)o1. The number of furan rings is 1. The fourth-order valence-corrected chi connectivity index (χ4v) is 3.77. The van der Waals surface area contributed by atoms with E-state index in [9.17, 15) is 14.4 Å². The zero-order valence-electron chi connectivity index (χ0n) is 17.1. The van der Waals surface area contributed by atoms with Crippen molar-refractivity contribution in [3.63, 3.8) is 0 Å². The molecule has 1 aliphatic rings. The molecule has 1 aromatic carbocycles. The highest BCUT2D eigenvalue weighted by atomic mass is 16.5. The van der Waals surface area contributed by atoms with Crippen LogP contribution in [0.25, 0.3) is 16.9 Å². The summed E-state index contributed by atoms with van der Waals surface area (Å²) in [5.41, 5.74) is 1.49. The molecule has 9 nitrogen and oxygen atoms in total. The van der Waals surface area contributed by atoms with Crippen LogP contribution in [0.4, 0.5) is 0 Å². The van der Waals surface area contributed by atoms with Crippen LogP contribution in [-0.4, -0.2) is 31.8 Å². The average molecular weight is 420 g/mol. The molecule has 3 aromatic heterocycles. The molecule has 0 aliphatic heterocycles. The van der Waals surface area contributed by atoms with Gasteiger partial charge >= 0.3 is 11.7 Å². The van der Waals surface area contributed by atoms with Gasteiger partial charge in [0, 0.05) is 6.04 Å². The number of hydrogen-bond donors (Lipinski definition) is 0. The lowest BCUT2D eigenvalue weighted by atomic mass is 10.2. The summed E-state index contributed by atoms with van der Waals surface area (Å²) >= 11 is 0. The van der Waals surface area contributed by atoms with E-state index in [1.807, 2.05) is 31.2 Å². The van der Waals surface area contributed by atoms with Gasteiger partial charge in [0.1, 0.15) is 5.76 Å². The van der Waals surface area contributed by atoms with Gasteiger partial charge in [-0.2, -0.15) is 0 Å². The minimum Gasteiger partial charge on any atom is -0.463 e. The zero-order valence-corrected chi connectivity index (χ0v) is 17.1. The van der Waals surface area contributed by atoms with Gasteiger partial charge in [-0.1, -0.05) is 12.1 Å². The van der Waals surface area contributed by atoms with Crippen molar-refractivity contribution in [2.24, 2.45) is 0 Å². The minimum atomic E-state index is -0.578. The number of esters is 1. The van der Waals surface area contributed by atoms with Gasteiger partial charge in [-0.25, -0.2) is 19.1 Å². The topological polar surface area (TPSA) is 101 Å². The van der Waals surface area contributed by atoms with Crippen molar-refractivity contribution >= 4 is 17.1 Å². The number of fused-ring (bicyclic) bond motifs is 1. The van der Waals surface area contributed by atoms with E-state index in [4.69, 9.17) is 4.42 Å². The Kier molecular flexibility index (Phi) is 4.39. The summed E-state index contributed by atoms with van der Waals surface area (Å²) < 4.78 is 14.7. The summed E-state index contributed by atoms with van der Waals surface area (Å²) in [5, 5.41) is 0. The molecule has 0 atom stereocenters. The molecule has 0 radical (unpaired) electrons. The third-order valence-electron chi connectivity index (χ3n) is 5.40. The van der Waals surface area contributed by atoms with Crippen molar-refractivity contribution < 1.29 is 13.9 Å². The first-order valence-corrected chi connectivity index (χ1v) is 9.94. The number of hydrogen-bond acceptors (Lipinski definition) is 6. The lowest BCUT2D eigenvalue weighted by molar-refractivity contribution is 0.0563. The molecule has 0 saturated heterocycles. The molecule has 0 amide bonds. The Bertz CT molecular complexity index is 1430. The summed E-state index contributed by atoms with van der Waals surface area (Å²) in [4.78, 5) is 42.6. The summed E-state index contributed by atoms with van der Waals surface area (Å²) in [7, 11) is 1.28. The molecule has 1 fully saturated rings. The number of imidazole rings is 1. The van der Waals surface area contributed by atoms with Crippen molar-refractivity contribution in [1.29, 1.82) is 0 Å². The minimum absolute atomic E-state index is 0.0778. The standard InChI is InChI=1S/C22H20N4O5/c1-13-4-3-5-15(10-13)25-19-18(20(27)26(22(25)29)14-6-7-14)24(12-23-19)11-16-8-9-17(31-16)21(28)30-2/h3-5,8-10,12,14H,6-7,11H2,1-2H3. The van der Waals surface area contributed by atoms with Crippen LogP contribution in [0, 0.1) is 6.92 Å². The summed E-state index contributed by atoms with van der Waals surface area (Å²) in [6, 6.07) is 10.6. The van der Waals surface area contributed by atoms with Crippen LogP contribution in [0.3, 0.4) is 0 Å². The first kappa shape index (κ1) is 19.1. The molecule has 4 aromatic rings. The lowest BCUT2D eigenvalue weighted by Gasteiger charge is -2.12. The van der Waals surface area contributed by atoms with E-state index < -0.39 is 5.97 Å². The van der Waals surface area contributed by atoms with Crippen LogP contribution in [0.15, 0.2) is 56.7 Å². The summed E-state index contributed by atoms with van der Waals surface area (Å²) in [6.07, 6.45) is 3.10. The van der Waals surface area contributed by atoms with E-state index in [2.05, 4.69) is 9.72 Å². The Balaban J connectivity index is 1.70. The molecule has 158 valence electrons. The monoisotopic (exact) mass is 420 g/mol. The molecule has 3 heterocycles. The Morgan fingerprint density at radius 3 is 2.74 bits per heavy atom. The maximum absolute atomic E-state index is 13.3. The third-order valence-corrected chi connectivity index (χ3v) is 5.40. The van der Waals surface area contributed by atoms with E-state index in [0.29, 0.717) is 17.0 Å². The first-order valence-electron chi connectivity index (χ1n) is 9.94. The Hall–Kier alpha value is -3.88. The van der Waals surface area contributed by atoms with Crippen LogP contribution in [0.1, 0.15) is 40.8 Å². The average Bonchev–Trinajstić information content (AvgIpc) is 3.32. The maximum atomic E-state index is 13.3. The second-order valence-corrected chi connectivity index (χ2v) is 7.67. The molecule has 0 spiro atoms. The van der Waals surface area contributed by atoms with E-state index in [0.717, 1.165) is 18.4 Å². The van der Waals surface area contributed by atoms with Crippen LogP contribution in [0.2, 0.25) is 0 Å².